The second kappa shape index (κ2) is 8.50. The first-order valence-electron chi connectivity index (χ1n) is 6.86. The third-order valence-electron chi connectivity index (χ3n) is 3.88. The Morgan fingerprint density at radius 1 is 1.17 bits per heavy atom. The molecule has 2 N–H and O–H groups in total. The standard InChI is InChI=1S/C16H16ClN3O.2ClH/c17-14-8-19-7-6-12(14)16(21)20-9-13(15(18)10-20)11-4-2-1-3-5-11;;/h1-8,13,15H,9-10,18H2;2*1H/t13-,15+;;/m0../s1. The van der Waals surface area contributed by atoms with Crippen molar-refractivity contribution < 1.29 is 4.79 Å². The summed E-state index contributed by atoms with van der Waals surface area (Å²) < 4.78 is 0. The lowest BCUT2D eigenvalue weighted by Crippen LogP contribution is -2.32. The van der Waals surface area contributed by atoms with Crippen LogP contribution in [0.2, 0.25) is 5.02 Å². The monoisotopic (exact) mass is 373 g/mol. The molecule has 1 fully saturated rings. The Hall–Kier alpha value is -1.33. The van der Waals surface area contributed by atoms with Gasteiger partial charge in [-0.2, -0.15) is 0 Å². The van der Waals surface area contributed by atoms with Crippen LogP contribution in [0.25, 0.3) is 0 Å². The summed E-state index contributed by atoms with van der Waals surface area (Å²) in [6.45, 7) is 1.15. The zero-order chi connectivity index (χ0) is 14.8. The minimum atomic E-state index is -0.0868. The quantitative estimate of drug-likeness (QED) is 0.878. The summed E-state index contributed by atoms with van der Waals surface area (Å²) >= 11 is 6.05. The van der Waals surface area contributed by atoms with E-state index in [1.165, 1.54) is 11.8 Å². The number of hydrogen-bond acceptors (Lipinski definition) is 3. The zero-order valence-electron chi connectivity index (χ0n) is 12.3. The summed E-state index contributed by atoms with van der Waals surface area (Å²) in [6.07, 6.45) is 3.06. The van der Waals surface area contributed by atoms with Gasteiger partial charge in [-0.25, -0.2) is 0 Å². The van der Waals surface area contributed by atoms with Gasteiger partial charge < -0.3 is 10.6 Å². The fraction of sp³-hybridized carbons (Fsp3) is 0.250. The van der Waals surface area contributed by atoms with E-state index in [-0.39, 0.29) is 42.7 Å². The topological polar surface area (TPSA) is 59.2 Å². The summed E-state index contributed by atoms with van der Waals surface area (Å²) in [5.74, 6) is 0.0760. The highest BCUT2D eigenvalue weighted by molar-refractivity contribution is 6.33. The predicted molar refractivity (Wildman–Crippen MR) is 96.8 cm³/mol. The molecule has 1 aromatic heterocycles. The molecular weight excluding hydrogens is 357 g/mol. The Morgan fingerprint density at radius 3 is 2.52 bits per heavy atom. The molecule has 4 nitrogen and oxygen atoms in total. The van der Waals surface area contributed by atoms with Crippen molar-refractivity contribution in [2.75, 3.05) is 13.1 Å². The first-order valence-corrected chi connectivity index (χ1v) is 7.24. The Balaban J connectivity index is 0.00000132. The molecule has 7 heteroatoms. The zero-order valence-corrected chi connectivity index (χ0v) is 14.7. The van der Waals surface area contributed by atoms with Crippen LogP contribution in [-0.4, -0.2) is 34.9 Å². The summed E-state index contributed by atoms with van der Waals surface area (Å²) in [4.78, 5) is 18.2. The predicted octanol–water partition coefficient (Wildman–Crippen LogP) is 3.15. The normalized spacial score (nSPS) is 19.7. The second-order valence-electron chi connectivity index (χ2n) is 5.25. The number of likely N-dealkylation sites (tertiary alicyclic amines) is 1. The summed E-state index contributed by atoms with van der Waals surface area (Å²) in [7, 11) is 0. The molecule has 0 unspecified atom stereocenters. The van der Waals surface area contributed by atoms with Crippen LogP contribution in [0, 0.1) is 0 Å². The van der Waals surface area contributed by atoms with Gasteiger partial charge in [-0.05, 0) is 11.6 Å². The fourth-order valence-electron chi connectivity index (χ4n) is 2.77. The van der Waals surface area contributed by atoms with Gasteiger partial charge in [0.25, 0.3) is 5.91 Å². The number of carbonyl (C=O) groups excluding carboxylic acids is 1. The number of rotatable bonds is 2. The third kappa shape index (κ3) is 4.15. The highest BCUT2D eigenvalue weighted by Crippen LogP contribution is 2.28. The molecule has 124 valence electrons. The molecule has 2 heterocycles. The number of carbonyl (C=O) groups is 1. The van der Waals surface area contributed by atoms with Gasteiger partial charge >= 0.3 is 0 Å². The van der Waals surface area contributed by atoms with Gasteiger partial charge in [0.05, 0.1) is 10.6 Å². The van der Waals surface area contributed by atoms with E-state index in [0.717, 1.165) is 0 Å². The maximum atomic E-state index is 12.5. The van der Waals surface area contributed by atoms with Crippen molar-refractivity contribution in [1.29, 1.82) is 0 Å². The van der Waals surface area contributed by atoms with Crippen molar-refractivity contribution >= 4 is 42.3 Å². The summed E-state index contributed by atoms with van der Waals surface area (Å²) in [6, 6.07) is 11.7. The van der Waals surface area contributed by atoms with Crippen molar-refractivity contribution in [2.45, 2.75) is 12.0 Å². The van der Waals surface area contributed by atoms with Crippen LogP contribution in [0.3, 0.4) is 0 Å². The van der Waals surface area contributed by atoms with E-state index in [4.69, 9.17) is 17.3 Å². The molecule has 0 spiro atoms. The first kappa shape index (κ1) is 19.7. The van der Waals surface area contributed by atoms with Gasteiger partial charge in [0.2, 0.25) is 0 Å². The lowest BCUT2D eigenvalue weighted by molar-refractivity contribution is 0.0789. The molecule has 1 aromatic carbocycles. The van der Waals surface area contributed by atoms with Gasteiger partial charge in [0, 0.05) is 37.4 Å². The Morgan fingerprint density at radius 2 is 1.87 bits per heavy atom. The van der Waals surface area contributed by atoms with Gasteiger partial charge in [0.1, 0.15) is 0 Å². The average Bonchev–Trinajstić information content (AvgIpc) is 2.90. The Kier molecular flexibility index (Phi) is 7.29. The molecule has 1 aliphatic heterocycles. The molecule has 0 radical (unpaired) electrons. The molecule has 2 atom stereocenters. The molecule has 0 saturated carbocycles. The maximum absolute atomic E-state index is 12.5. The molecule has 23 heavy (non-hydrogen) atoms. The molecule has 0 aliphatic carbocycles. The van der Waals surface area contributed by atoms with Crippen LogP contribution in [0.1, 0.15) is 21.8 Å². The van der Waals surface area contributed by atoms with E-state index < -0.39 is 0 Å². The number of pyridine rings is 1. The van der Waals surface area contributed by atoms with Crippen molar-refractivity contribution in [2.24, 2.45) is 5.73 Å². The van der Waals surface area contributed by atoms with E-state index in [1.54, 1.807) is 17.2 Å². The third-order valence-corrected chi connectivity index (χ3v) is 4.18. The molecule has 1 saturated heterocycles. The number of halogens is 3. The highest BCUT2D eigenvalue weighted by atomic mass is 35.5. The molecular formula is C16H18Cl3N3O. The van der Waals surface area contributed by atoms with Crippen LogP contribution >= 0.6 is 36.4 Å². The van der Waals surface area contributed by atoms with E-state index in [1.807, 2.05) is 18.2 Å². The molecule has 1 amide bonds. The lowest BCUT2D eigenvalue weighted by Gasteiger charge is -2.17. The minimum Gasteiger partial charge on any atom is -0.336 e. The van der Waals surface area contributed by atoms with Crippen molar-refractivity contribution in [3.05, 3.63) is 64.9 Å². The molecule has 2 aromatic rings. The molecule has 3 rings (SSSR count). The SMILES string of the molecule is Cl.Cl.N[C@@H]1CN(C(=O)c2ccncc2Cl)C[C@H]1c1ccccc1. The largest absolute Gasteiger partial charge is 0.336 e. The molecule has 1 aliphatic rings. The number of aromatic nitrogens is 1. The second-order valence-corrected chi connectivity index (χ2v) is 5.65. The van der Waals surface area contributed by atoms with Crippen LogP contribution < -0.4 is 5.73 Å². The van der Waals surface area contributed by atoms with Crippen LogP contribution in [0.4, 0.5) is 0 Å². The summed E-state index contributed by atoms with van der Waals surface area (Å²) in [5.41, 5.74) is 7.86. The number of nitrogens with two attached hydrogens (primary N) is 1. The van der Waals surface area contributed by atoms with E-state index in [0.29, 0.717) is 23.7 Å². The van der Waals surface area contributed by atoms with E-state index in [2.05, 4.69) is 17.1 Å². The van der Waals surface area contributed by atoms with Gasteiger partial charge in [-0.3, -0.25) is 9.78 Å². The fourth-order valence-corrected chi connectivity index (χ4v) is 2.97. The van der Waals surface area contributed by atoms with Crippen LogP contribution in [0.15, 0.2) is 48.8 Å². The van der Waals surface area contributed by atoms with Crippen molar-refractivity contribution in [3.8, 4) is 0 Å². The number of amides is 1. The lowest BCUT2D eigenvalue weighted by atomic mass is 9.95. The van der Waals surface area contributed by atoms with Crippen molar-refractivity contribution in [3.63, 3.8) is 0 Å². The van der Waals surface area contributed by atoms with Crippen molar-refractivity contribution in [1.82, 2.24) is 9.88 Å². The van der Waals surface area contributed by atoms with Gasteiger partial charge in [-0.1, -0.05) is 41.9 Å². The minimum absolute atomic E-state index is 0. The average molecular weight is 375 g/mol. The number of hydrogen-bond donors (Lipinski definition) is 1. The first-order chi connectivity index (χ1) is 10.2. The number of benzene rings is 1. The maximum Gasteiger partial charge on any atom is 0.255 e. The Labute approximate surface area is 152 Å². The number of nitrogens with zero attached hydrogens (tertiary/aromatic N) is 2. The summed E-state index contributed by atoms with van der Waals surface area (Å²) in [5, 5.41) is 0.374. The van der Waals surface area contributed by atoms with E-state index >= 15 is 0 Å². The highest BCUT2D eigenvalue weighted by Gasteiger charge is 2.34. The smallest absolute Gasteiger partial charge is 0.255 e. The van der Waals surface area contributed by atoms with E-state index in [9.17, 15) is 4.79 Å². The van der Waals surface area contributed by atoms with Crippen LogP contribution in [-0.2, 0) is 0 Å². The molecule has 0 bridgehead atoms. The van der Waals surface area contributed by atoms with Gasteiger partial charge in [-0.15, -0.1) is 24.8 Å². The Bertz CT molecular complexity index is 654. The van der Waals surface area contributed by atoms with Gasteiger partial charge in [0.15, 0.2) is 0 Å². The van der Waals surface area contributed by atoms with Crippen LogP contribution in [0.5, 0.6) is 0 Å².